The molecule has 0 saturated heterocycles. The molecule has 1 aromatic heterocycles. The van der Waals surface area contributed by atoms with Crippen LogP contribution in [0, 0.1) is 0 Å². The topological polar surface area (TPSA) is 22.1 Å². The van der Waals surface area contributed by atoms with E-state index in [4.69, 9.17) is 16.3 Å². The maximum absolute atomic E-state index is 5.64. The summed E-state index contributed by atoms with van der Waals surface area (Å²) in [7, 11) is 0. The van der Waals surface area contributed by atoms with Crippen molar-refractivity contribution in [3.8, 4) is 0 Å². The fourth-order valence-corrected chi connectivity index (χ4v) is 1.91. The van der Waals surface area contributed by atoms with Gasteiger partial charge in [-0.3, -0.25) is 0 Å². The van der Waals surface area contributed by atoms with Crippen molar-refractivity contribution in [2.45, 2.75) is 32.3 Å². The predicted molar refractivity (Wildman–Crippen MR) is 56.5 cm³/mol. The monoisotopic (exact) mass is 219 g/mol. The third kappa shape index (κ3) is 4.07. The molecule has 0 aliphatic rings. The number of hydrogen-bond donors (Lipinski definition) is 0. The summed E-state index contributed by atoms with van der Waals surface area (Å²) in [5.41, 5.74) is 0.964. The van der Waals surface area contributed by atoms with E-state index >= 15 is 0 Å². The van der Waals surface area contributed by atoms with Crippen molar-refractivity contribution < 1.29 is 4.74 Å². The number of rotatable bonds is 5. The molecule has 1 rings (SSSR count). The standard InChI is InChI=1S/C9H14ClNOS/c1-7(2)12-4-3-9-11-8(5-10)6-13-9/h6-7H,3-5H2,1-2H3. The van der Waals surface area contributed by atoms with Crippen molar-refractivity contribution >= 4 is 22.9 Å². The minimum absolute atomic E-state index is 0.299. The van der Waals surface area contributed by atoms with Crippen LogP contribution in [-0.2, 0) is 17.0 Å². The lowest BCUT2D eigenvalue weighted by atomic mass is 10.4. The summed E-state index contributed by atoms with van der Waals surface area (Å²) in [6.45, 7) is 4.81. The van der Waals surface area contributed by atoms with E-state index in [9.17, 15) is 0 Å². The van der Waals surface area contributed by atoms with Crippen molar-refractivity contribution in [1.82, 2.24) is 4.98 Å². The first kappa shape index (κ1) is 11.0. The van der Waals surface area contributed by atoms with Crippen molar-refractivity contribution in [1.29, 1.82) is 0 Å². The minimum Gasteiger partial charge on any atom is -0.378 e. The molecule has 0 fully saturated rings. The first-order valence-corrected chi connectivity index (χ1v) is 5.74. The van der Waals surface area contributed by atoms with E-state index in [1.165, 1.54) is 0 Å². The first-order valence-electron chi connectivity index (χ1n) is 4.33. The number of hydrogen-bond acceptors (Lipinski definition) is 3. The maximum atomic E-state index is 5.64. The van der Waals surface area contributed by atoms with Gasteiger partial charge in [-0.25, -0.2) is 4.98 Å². The van der Waals surface area contributed by atoms with Gasteiger partial charge >= 0.3 is 0 Å². The molecule has 0 aliphatic heterocycles. The zero-order valence-corrected chi connectivity index (χ0v) is 9.49. The van der Waals surface area contributed by atoms with Crippen LogP contribution in [0.5, 0.6) is 0 Å². The van der Waals surface area contributed by atoms with Crippen LogP contribution in [0.15, 0.2) is 5.38 Å². The van der Waals surface area contributed by atoms with Crippen molar-refractivity contribution in [2.75, 3.05) is 6.61 Å². The third-order valence-corrected chi connectivity index (χ3v) is 2.73. The Hall–Kier alpha value is -0.120. The van der Waals surface area contributed by atoms with Crippen molar-refractivity contribution in [2.24, 2.45) is 0 Å². The number of nitrogens with zero attached hydrogens (tertiary/aromatic N) is 1. The van der Waals surface area contributed by atoms with Crippen LogP contribution >= 0.6 is 22.9 Å². The smallest absolute Gasteiger partial charge is 0.0951 e. The summed E-state index contributed by atoms with van der Waals surface area (Å²) >= 11 is 7.29. The second-order valence-electron chi connectivity index (χ2n) is 3.04. The summed E-state index contributed by atoms with van der Waals surface area (Å²) in [6, 6.07) is 0. The average Bonchev–Trinajstić information content (AvgIpc) is 2.52. The van der Waals surface area contributed by atoms with Gasteiger partial charge in [0.2, 0.25) is 0 Å². The van der Waals surface area contributed by atoms with Crippen LogP contribution in [0.3, 0.4) is 0 Å². The largest absolute Gasteiger partial charge is 0.378 e. The summed E-state index contributed by atoms with van der Waals surface area (Å²) < 4.78 is 5.42. The quantitative estimate of drug-likeness (QED) is 0.711. The van der Waals surface area contributed by atoms with Gasteiger partial charge in [0, 0.05) is 11.8 Å². The second-order valence-corrected chi connectivity index (χ2v) is 4.25. The van der Waals surface area contributed by atoms with Gasteiger partial charge in [-0.05, 0) is 13.8 Å². The Morgan fingerprint density at radius 1 is 1.62 bits per heavy atom. The molecule has 0 bridgehead atoms. The number of alkyl halides is 1. The summed E-state index contributed by atoms with van der Waals surface area (Å²) in [5, 5.41) is 3.11. The van der Waals surface area contributed by atoms with Crippen LogP contribution < -0.4 is 0 Å². The van der Waals surface area contributed by atoms with E-state index in [0.717, 1.165) is 23.7 Å². The minimum atomic E-state index is 0.299. The van der Waals surface area contributed by atoms with Gasteiger partial charge < -0.3 is 4.74 Å². The molecule has 74 valence electrons. The highest BCUT2D eigenvalue weighted by Crippen LogP contribution is 2.12. The van der Waals surface area contributed by atoms with Crippen LogP contribution in [0.2, 0.25) is 0 Å². The molecule has 2 nitrogen and oxygen atoms in total. The Morgan fingerprint density at radius 2 is 2.38 bits per heavy atom. The molecule has 0 saturated carbocycles. The Kier molecular flexibility index (Phi) is 4.70. The van der Waals surface area contributed by atoms with E-state index in [-0.39, 0.29) is 0 Å². The number of aromatic nitrogens is 1. The molecule has 4 heteroatoms. The lowest BCUT2D eigenvalue weighted by Gasteiger charge is -2.04. The Labute approximate surface area is 87.9 Å². The highest BCUT2D eigenvalue weighted by Gasteiger charge is 2.01. The summed E-state index contributed by atoms with van der Waals surface area (Å²) in [4.78, 5) is 4.33. The molecule has 0 aliphatic carbocycles. The lowest BCUT2D eigenvalue weighted by Crippen LogP contribution is -2.05. The average molecular weight is 220 g/mol. The molecule has 0 atom stereocenters. The maximum Gasteiger partial charge on any atom is 0.0951 e. The van der Waals surface area contributed by atoms with E-state index in [0.29, 0.717) is 12.0 Å². The van der Waals surface area contributed by atoms with Gasteiger partial charge in [0.25, 0.3) is 0 Å². The molecule has 0 unspecified atom stereocenters. The predicted octanol–water partition coefficient (Wildman–Crippen LogP) is 2.85. The molecule has 0 amide bonds. The van der Waals surface area contributed by atoms with E-state index in [1.54, 1.807) is 11.3 Å². The Bertz CT molecular complexity index is 250. The number of halogens is 1. The summed E-state index contributed by atoms with van der Waals surface area (Å²) in [6.07, 6.45) is 1.19. The van der Waals surface area contributed by atoms with E-state index in [2.05, 4.69) is 4.98 Å². The number of ether oxygens (including phenoxy) is 1. The fourth-order valence-electron chi connectivity index (χ4n) is 0.907. The van der Waals surface area contributed by atoms with Crippen LogP contribution in [-0.4, -0.2) is 17.7 Å². The van der Waals surface area contributed by atoms with Crippen LogP contribution in [0.1, 0.15) is 24.5 Å². The Morgan fingerprint density at radius 3 is 2.92 bits per heavy atom. The third-order valence-electron chi connectivity index (χ3n) is 1.50. The molecule has 0 radical (unpaired) electrons. The van der Waals surface area contributed by atoms with Gasteiger partial charge in [-0.15, -0.1) is 22.9 Å². The molecular weight excluding hydrogens is 206 g/mol. The zero-order valence-electron chi connectivity index (χ0n) is 7.92. The van der Waals surface area contributed by atoms with Gasteiger partial charge in [0.05, 0.1) is 29.3 Å². The second kappa shape index (κ2) is 5.58. The number of thiazole rings is 1. The Balaban J connectivity index is 2.28. The van der Waals surface area contributed by atoms with Gasteiger partial charge in [0.1, 0.15) is 0 Å². The molecule has 1 heterocycles. The van der Waals surface area contributed by atoms with Gasteiger partial charge in [-0.1, -0.05) is 0 Å². The fraction of sp³-hybridized carbons (Fsp3) is 0.667. The highest BCUT2D eigenvalue weighted by molar-refractivity contribution is 7.09. The molecule has 0 aromatic carbocycles. The molecule has 0 spiro atoms. The zero-order chi connectivity index (χ0) is 9.68. The molecular formula is C9H14ClNOS. The van der Waals surface area contributed by atoms with Gasteiger partial charge in [0.15, 0.2) is 0 Å². The van der Waals surface area contributed by atoms with Crippen molar-refractivity contribution in [3.05, 3.63) is 16.1 Å². The normalized spacial score (nSPS) is 11.1. The van der Waals surface area contributed by atoms with Crippen LogP contribution in [0.25, 0.3) is 0 Å². The molecule has 0 N–H and O–H groups in total. The highest BCUT2D eigenvalue weighted by atomic mass is 35.5. The van der Waals surface area contributed by atoms with Crippen LogP contribution in [0.4, 0.5) is 0 Å². The summed E-state index contributed by atoms with van der Waals surface area (Å²) in [5.74, 6) is 0.502. The van der Waals surface area contributed by atoms with E-state index < -0.39 is 0 Å². The SMILES string of the molecule is CC(C)OCCc1nc(CCl)cs1. The first-order chi connectivity index (χ1) is 6.22. The molecule has 13 heavy (non-hydrogen) atoms. The van der Waals surface area contributed by atoms with E-state index in [1.807, 2.05) is 19.2 Å². The lowest BCUT2D eigenvalue weighted by molar-refractivity contribution is 0.0813. The molecule has 1 aromatic rings. The van der Waals surface area contributed by atoms with Gasteiger partial charge in [-0.2, -0.15) is 0 Å². The van der Waals surface area contributed by atoms with Crippen molar-refractivity contribution in [3.63, 3.8) is 0 Å².